The summed E-state index contributed by atoms with van der Waals surface area (Å²) in [6.45, 7) is 8.88. The summed E-state index contributed by atoms with van der Waals surface area (Å²) in [6.07, 6.45) is 7.20. The Kier molecular flexibility index (Phi) is 10.5. The fourth-order valence-electron chi connectivity index (χ4n) is 11.4. The predicted octanol–water partition coefficient (Wildman–Crippen LogP) is 16.8. The molecule has 0 amide bonds. The average molecular weight is 939 g/mol. The number of anilines is 6. The molecule has 0 atom stereocenters. The molecule has 0 saturated heterocycles. The van der Waals surface area contributed by atoms with Crippen molar-refractivity contribution in [2.75, 3.05) is 9.80 Å². The summed E-state index contributed by atoms with van der Waals surface area (Å²) in [4.78, 5) is 23.8. The van der Waals surface area contributed by atoms with E-state index in [2.05, 4.69) is 223 Å². The summed E-state index contributed by atoms with van der Waals surface area (Å²) in [6, 6.07) is 76.0. The molecular formula is C67H50N6. The van der Waals surface area contributed by atoms with Crippen LogP contribution >= 0.6 is 0 Å². The van der Waals surface area contributed by atoms with Crippen LogP contribution in [0.15, 0.2) is 231 Å². The van der Waals surface area contributed by atoms with E-state index in [9.17, 15) is 0 Å². The van der Waals surface area contributed by atoms with E-state index in [-0.39, 0.29) is 0 Å². The van der Waals surface area contributed by atoms with Crippen LogP contribution in [0.4, 0.5) is 34.1 Å². The topological polar surface area (TPSA) is 58.0 Å². The summed E-state index contributed by atoms with van der Waals surface area (Å²) in [5.41, 5.74) is 24.7. The van der Waals surface area contributed by atoms with E-state index in [0.29, 0.717) is 5.82 Å². The monoisotopic (exact) mass is 938 g/mol. The summed E-state index contributed by atoms with van der Waals surface area (Å²) in [7, 11) is 0. The van der Waals surface area contributed by atoms with Crippen molar-refractivity contribution in [3.8, 4) is 56.2 Å². The maximum Gasteiger partial charge on any atom is 0.160 e. The molecular weight excluding hydrogens is 889 g/mol. The van der Waals surface area contributed by atoms with Crippen LogP contribution in [0.3, 0.4) is 0 Å². The van der Waals surface area contributed by atoms with Crippen LogP contribution in [-0.2, 0) is 5.41 Å². The third-order valence-electron chi connectivity index (χ3n) is 14.7. The van der Waals surface area contributed by atoms with Gasteiger partial charge in [0, 0.05) is 64.0 Å². The van der Waals surface area contributed by atoms with Gasteiger partial charge in [-0.05, 0) is 164 Å². The van der Waals surface area contributed by atoms with Crippen molar-refractivity contribution in [1.29, 1.82) is 0 Å². The molecule has 0 unspecified atom stereocenters. The van der Waals surface area contributed by atoms with Gasteiger partial charge in [0.2, 0.25) is 0 Å². The first-order valence-corrected chi connectivity index (χ1v) is 24.9. The van der Waals surface area contributed by atoms with Crippen LogP contribution in [0.5, 0.6) is 0 Å². The van der Waals surface area contributed by atoms with Crippen molar-refractivity contribution in [3.63, 3.8) is 0 Å². The number of rotatable bonds is 5. The van der Waals surface area contributed by atoms with Gasteiger partial charge in [0.15, 0.2) is 5.82 Å². The molecule has 0 fully saturated rings. The highest BCUT2D eigenvalue weighted by Crippen LogP contribution is 2.62. The Bertz CT molecular complexity index is 3700. The fraction of sp³-hybridized carbons (Fsp3) is 0.0746. The number of hydrogen-bond donors (Lipinski definition) is 0. The molecule has 2 aliphatic rings. The molecule has 2 aliphatic heterocycles. The van der Waals surface area contributed by atoms with E-state index in [1.54, 1.807) is 24.8 Å². The van der Waals surface area contributed by atoms with Crippen molar-refractivity contribution in [3.05, 3.63) is 276 Å². The lowest BCUT2D eigenvalue weighted by molar-refractivity contribution is 0.732. The number of fused-ring (bicyclic) bond motifs is 12. The molecule has 0 radical (unpaired) electrons. The van der Waals surface area contributed by atoms with E-state index in [0.717, 1.165) is 62.2 Å². The van der Waals surface area contributed by atoms with Gasteiger partial charge in [0.05, 0.1) is 39.6 Å². The third kappa shape index (κ3) is 7.25. The highest BCUT2D eigenvalue weighted by atomic mass is 15.2. The quantitative estimate of drug-likeness (QED) is 0.171. The second kappa shape index (κ2) is 17.5. The second-order valence-electron chi connectivity index (χ2n) is 19.4. The Morgan fingerprint density at radius 3 is 1.22 bits per heavy atom. The molecule has 6 nitrogen and oxygen atoms in total. The molecule has 5 heterocycles. The van der Waals surface area contributed by atoms with Gasteiger partial charge in [-0.15, -0.1) is 0 Å². The summed E-state index contributed by atoms with van der Waals surface area (Å²) < 4.78 is 0. The molecule has 3 aromatic heterocycles. The highest BCUT2D eigenvalue weighted by molar-refractivity contribution is 6.00. The van der Waals surface area contributed by atoms with Gasteiger partial charge in [0.25, 0.3) is 0 Å². The standard InChI is InChI=1S/C67H50N6/c1-43-18-26-62-54(38-43)52-14-8-10-16-56(52)67(57-17-11-9-15-53(57)55-39-44(2)19-27-63(55)72(62)50-12-6-5-7-13-50)58-40-45(3)20-28-64(58)73(65-29-21-46(4)41-59(65)67)51-24-22-49(23-25-51)66-70-60(47-30-34-68-35-31-47)42-61(71-66)48-32-36-69-37-33-48/h5-42H,1-4H3. The van der Waals surface area contributed by atoms with Crippen LogP contribution in [0.1, 0.15) is 44.5 Å². The number of nitrogens with zero attached hydrogens (tertiary/aromatic N) is 6. The summed E-state index contributed by atoms with van der Waals surface area (Å²) >= 11 is 0. The molecule has 0 bridgehead atoms. The van der Waals surface area contributed by atoms with Crippen molar-refractivity contribution in [1.82, 2.24) is 19.9 Å². The first-order valence-electron chi connectivity index (χ1n) is 24.9. The zero-order valence-electron chi connectivity index (χ0n) is 41.1. The van der Waals surface area contributed by atoms with Crippen LogP contribution < -0.4 is 9.80 Å². The number of pyridine rings is 2. The molecule has 8 aromatic carbocycles. The van der Waals surface area contributed by atoms with Gasteiger partial charge in [0.1, 0.15) is 0 Å². The second-order valence-corrected chi connectivity index (χ2v) is 19.4. The Morgan fingerprint density at radius 1 is 0.315 bits per heavy atom. The number of aryl methyl sites for hydroxylation is 4. The Morgan fingerprint density at radius 2 is 0.726 bits per heavy atom. The normalized spacial score (nSPS) is 13.0. The smallest absolute Gasteiger partial charge is 0.160 e. The zero-order chi connectivity index (χ0) is 49.2. The SMILES string of the molecule is Cc1ccc2c(c1)-c1ccccc1C1(c3ccccc3-c3cc(C)ccc3N2c2ccccc2)c2cc(C)ccc2N(c2ccc(-c3nc(-c4ccncc4)cc(-c4ccncc4)n3)cc2)c2ccc(C)cc21. The highest BCUT2D eigenvalue weighted by Gasteiger charge is 2.49. The van der Waals surface area contributed by atoms with E-state index < -0.39 is 5.41 Å². The Hall–Kier alpha value is -9.26. The van der Waals surface area contributed by atoms with Gasteiger partial charge in [-0.25, -0.2) is 9.97 Å². The molecule has 13 rings (SSSR count). The van der Waals surface area contributed by atoms with Gasteiger partial charge < -0.3 is 9.80 Å². The first kappa shape index (κ1) is 43.7. The molecule has 348 valence electrons. The number of hydrogen-bond acceptors (Lipinski definition) is 6. The van der Waals surface area contributed by atoms with Gasteiger partial charge in [-0.2, -0.15) is 0 Å². The molecule has 0 N–H and O–H groups in total. The van der Waals surface area contributed by atoms with Crippen LogP contribution in [-0.4, -0.2) is 19.9 Å². The van der Waals surface area contributed by atoms with Crippen LogP contribution in [0, 0.1) is 27.7 Å². The lowest BCUT2D eigenvalue weighted by Crippen LogP contribution is -2.39. The van der Waals surface area contributed by atoms with Crippen molar-refractivity contribution < 1.29 is 0 Å². The van der Waals surface area contributed by atoms with E-state index in [1.165, 1.54) is 66.8 Å². The summed E-state index contributed by atoms with van der Waals surface area (Å²) in [5.74, 6) is 0.643. The minimum Gasteiger partial charge on any atom is -0.310 e. The maximum atomic E-state index is 5.16. The molecule has 6 heteroatoms. The van der Waals surface area contributed by atoms with Gasteiger partial charge in [-0.3, -0.25) is 9.97 Å². The lowest BCUT2D eigenvalue weighted by Gasteiger charge is -2.48. The van der Waals surface area contributed by atoms with E-state index >= 15 is 0 Å². The van der Waals surface area contributed by atoms with E-state index in [4.69, 9.17) is 9.97 Å². The zero-order valence-corrected chi connectivity index (χ0v) is 41.1. The van der Waals surface area contributed by atoms with Gasteiger partial charge >= 0.3 is 0 Å². The number of aromatic nitrogens is 4. The Labute approximate surface area is 426 Å². The molecule has 0 saturated carbocycles. The largest absolute Gasteiger partial charge is 0.310 e. The van der Waals surface area contributed by atoms with E-state index in [1.807, 2.05) is 30.3 Å². The fourth-order valence-corrected chi connectivity index (χ4v) is 11.4. The number of benzene rings is 8. The van der Waals surface area contributed by atoms with Crippen molar-refractivity contribution in [2.45, 2.75) is 33.1 Å². The Balaban J connectivity index is 1.08. The molecule has 11 aromatic rings. The number of para-hydroxylation sites is 1. The van der Waals surface area contributed by atoms with Crippen LogP contribution in [0.2, 0.25) is 0 Å². The van der Waals surface area contributed by atoms with Crippen molar-refractivity contribution >= 4 is 34.1 Å². The molecule has 73 heavy (non-hydrogen) atoms. The minimum atomic E-state index is -0.798. The lowest BCUT2D eigenvalue weighted by atomic mass is 9.59. The maximum absolute atomic E-state index is 5.16. The average Bonchev–Trinajstić information content (AvgIpc) is 3.44. The molecule has 0 aliphatic carbocycles. The van der Waals surface area contributed by atoms with Crippen molar-refractivity contribution in [2.24, 2.45) is 0 Å². The van der Waals surface area contributed by atoms with Crippen LogP contribution in [0.25, 0.3) is 56.2 Å². The first-order chi connectivity index (χ1) is 35.8. The van der Waals surface area contributed by atoms with Gasteiger partial charge in [-0.1, -0.05) is 125 Å². The third-order valence-corrected chi connectivity index (χ3v) is 14.7. The predicted molar refractivity (Wildman–Crippen MR) is 299 cm³/mol. The minimum absolute atomic E-state index is 0.643. The molecule has 1 spiro atoms. The summed E-state index contributed by atoms with van der Waals surface area (Å²) in [5, 5.41) is 0.